The van der Waals surface area contributed by atoms with Crippen LogP contribution < -0.4 is 5.73 Å². The van der Waals surface area contributed by atoms with Crippen LogP contribution in [0.15, 0.2) is 53.9 Å². The maximum Gasteiger partial charge on any atom is 0.180 e. The molecule has 1 heterocycles. The number of halogens is 1. The number of nitrogens with zero attached hydrogens (tertiary/aromatic N) is 1. The van der Waals surface area contributed by atoms with E-state index in [-0.39, 0.29) is 0 Å². The lowest BCUT2D eigenvalue weighted by Gasteiger charge is -2.06. The summed E-state index contributed by atoms with van der Waals surface area (Å²) in [6.07, 6.45) is 0. The number of aromatic nitrogens is 1. The van der Waals surface area contributed by atoms with Gasteiger partial charge >= 0.3 is 0 Å². The van der Waals surface area contributed by atoms with E-state index in [1.165, 1.54) is 11.3 Å². The van der Waals surface area contributed by atoms with Gasteiger partial charge in [0.2, 0.25) is 0 Å². The quantitative estimate of drug-likeness (QED) is 0.741. The molecule has 0 aliphatic heterocycles. The third-order valence-electron chi connectivity index (χ3n) is 2.87. The van der Waals surface area contributed by atoms with Gasteiger partial charge in [0, 0.05) is 21.5 Å². The summed E-state index contributed by atoms with van der Waals surface area (Å²) in [5, 5.41) is 3.29. The fourth-order valence-corrected chi connectivity index (χ4v) is 2.78. The molecule has 0 aliphatic carbocycles. The monoisotopic (exact) mass is 286 g/mol. The molecule has 4 heteroatoms. The van der Waals surface area contributed by atoms with E-state index >= 15 is 0 Å². The Labute approximate surface area is 120 Å². The van der Waals surface area contributed by atoms with E-state index in [1.54, 1.807) is 0 Å². The molecule has 2 N–H and O–H groups in total. The largest absolute Gasteiger partial charge is 0.375 e. The number of hydrogen-bond acceptors (Lipinski definition) is 3. The molecule has 0 bridgehead atoms. The fourth-order valence-electron chi connectivity index (χ4n) is 1.96. The van der Waals surface area contributed by atoms with Gasteiger partial charge in [-0.15, -0.1) is 11.3 Å². The Morgan fingerprint density at radius 3 is 2.53 bits per heavy atom. The molecule has 0 fully saturated rings. The first-order chi connectivity index (χ1) is 9.24. The van der Waals surface area contributed by atoms with Gasteiger partial charge < -0.3 is 5.73 Å². The minimum absolute atomic E-state index is 0.582. The highest BCUT2D eigenvalue weighted by Crippen LogP contribution is 2.31. The summed E-state index contributed by atoms with van der Waals surface area (Å²) in [6.45, 7) is 0. The van der Waals surface area contributed by atoms with Gasteiger partial charge in [0.15, 0.2) is 5.13 Å². The fraction of sp³-hybridized carbons (Fsp3) is 0. The molecule has 0 saturated heterocycles. The molecule has 1 aromatic heterocycles. The Hall–Kier alpha value is -1.84. The molecule has 3 rings (SSSR count). The van der Waals surface area contributed by atoms with Gasteiger partial charge in [0.25, 0.3) is 0 Å². The molecule has 0 aliphatic rings. The highest BCUT2D eigenvalue weighted by Gasteiger charge is 2.06. The van der Waals surface area contributed by atoms with Crippen LogP contribution in [0.25, 0.3) is 22.4 Å². The number of nitrogens with two attached hydrogens (primary N) is 1. The molecule has 0 radical (unpaired) electrons. The van der Waals surface area contributed by atoms with Gasteiger partial charge in [-0.25, -0.2) is 4.98 Å². The van der Waals surface area contributed by atoms with Crippen LogP contribution in [0, 0.1) is 0 Å². The van der Waals surface area contributed by atoms with Crippen LogP contribution in [0.2, 0.25) is 5.02 Å². The van der Waals surface area contributed by atoms with Crippen LogP contribution >= 0.6 is 22.9 Å². The Kier molecular flexibility index (Phi) is 3.23. The zero-order chi connectivity index (χ0) is 13.2. The molecular weight excluding hydrogens is 276 g/mol. The number of thiazole rings is 1. The first kappa shape index (κ1) is 12.2. The van der Waals surface area contributed by atoms with Crippen LogP contribution in [0.4, 0.5) is 5.13 Å². The molecule has 0 saturated carbocycles. The first-order valence-electron chi connectivity index (χ1n) is 5.80. The predicted molar refractivity (Wildman–Crippen MR) is 82.4 cm³/mol. The highest BCUT2D eigenvalue weighted by atomic mass is 35.5. The predicted octanol–water partition coefficient (Wildman–Crippen LogP) is 4.71. The van der Waals surface area contributed by atoms with Crippen molar-refractivity contribution in [2.75, 3.05) is 5.73 Å². The second-order valence-corrected chi connectivity index (χ2v) is 5.43. The third-order valence-corrected chi connectivity index (χ3v) is 3.87. The number of benzene rings is 2. The lowest BCUT2D eigenvalue weighted by molar-refractivity contribution is 1.41. The average molecular weight is 287 g/mol. The van der Waals surface area contributed by atoms with Crippen LogP contribution in [0.3, 0.4) is 0 Å². The van der Waals surface area contributed by atoms with Crippen molar-refractivity contribution in [3.05, 3.63) is 58.9 Å². The Balaban J connectivity index is 2.08. The molecule has 0 atom stereocenters. The summed E-state index contributed by atoms with van der Waals surface area (Å²) < 4.78 is 0. The van der Waals surface area contributed by atoms with Gasteiger partial charge in [0.05, 0.1) is 5.69 Å². The minimum atomic E-state index is 0.582. The van der Waals surface area contributed by atoms with E-state index in [0.717, 1.165) is 27.4 Å². The van der Waals surface area contributed by atoms with Crippen molar-refractivity contribution < 1.29 is 0 Å². The second kappa shape index (κ2) is 5.03. The van der Waals surface area contributed by atoms with Gasteiger partial charge in [-0.1, -0.05) is 48.0 Å². The molecule has 0 spiro atoms. The number of nitrogen functional groups attached to an aromatic ring is 1. The van der Waals surface area contributed by atoms with E-state index in [4.69, 9.17) is 17.3 Å². The van der Waals surface area contributed by atoms with Crippen molar-refractivity contribution >= 4 is 28.1 Å². The van der Waals surface area contributed by atoms with Crippen molar-refractivity contribution in [1.82, 2.24) is 4.98 Å². The van der Waals surface area contributed by atoms with Crippen LogP contribution in [0.5, 0.6) is 0 Å². The molecule has 19 heavy (non-hydrogen) atoms. The van der Waals surface area contributed by atoms with Crippen molar-refractivity contribution in [3.63, 3.8) is 0 Å². The van der Waals surface area contributed by atoms with Gasteiger partial charge in [-0.2, -0.15) is 0 Å². The van der Waals surface area contributed by atoms with Crippen LogP contribution in [0.1, 0.15) is 0 Å². The van der Waals surface area contributed by atoms with Gasteiger partial charge in [0.1, 0.15) is 0 Å². The number of hydrogen-bond donors (Lipinski definition) is 1. The molecule has 0 unspecified atom stereocenters. The van der Waals surface area contributed by atoms with Crippen molar-refractivity contribution in [2.45, 2.75) is 0 Å². The van der Waals surface area contributed by atoms with E-state index in [1.807, 2.05) is 47.8 Å². The lowest BCUT2D eigenvalue weighted by atomic mass is 10.0. The maximum absolute atomic E-state index is 6.23. The number of anilines is 1. The molecule has 2 nitrogen and oxygen atoms in total. The standard InChI is InChI=1S/C15H11ClN2S/c16-13-7-2-1-6-12(13)10-4-3-5-11(8-10)14-9-19-15(17)18-14/h1-9H,(H2,17,18). The number of rotatable bonds is 2. The van der Waals surface area contributed by atoms with Crippen molar-refractivity contribution in [3.8, 4) is 22.4 Å². The van der Waals surface area contributed by atoms with E-state index in [9.17, 15) is 0 Å². The SMILES string of the molecule is Nc1nc(-c2cccc(-c3ccccc3Cl)c2)cs1. The van der Waals surface area contributed by atoms with Crippen LogP contribution in [-0.4, -0.2) is 4.98 Å². The van der Waals surface area contributed by atoms with E-state index in [0.29, 0.717) is 5.13 Å². The summed E-state index contributed by atoms with van der Waals surface area (Å²) in [7, 11) is 0. The second-order valence-electron chi connectivity index (χ2n) is 4.13. The summed E-state index contributed by atoms with van der Waals surface area (Å²) in [5.41, 5.74) is 9.72. The zero-order valence-electron chi connectivity index (χ0n) is 10.0. The van der Waals surface area contributed by atoms with E-state index < -0.39 is 0 Å². The Morgan fingerprint density at radius 2 is 1.79 bits per heavy atom. The molecular formula is C15H11ClN2S. The van der Waals surface area contributed by atoms with E-state index in [2.05, 4.69) is 11.1 Å². The minimum Gasteiger partial charge on any atom is -0.375 e. The van der Waals surface area contributed by atoms with Crippen molar-refractivity contribution in [1.29, 1.82) is 0 Å². The smallest absolute Gasteiger partial charge is 0.180 e. The van der Waals surface area contributed by atoms with Crippen molar-refractivity contribution in [2.24, 2.45) is 0 Å². The molecule has 0 amide bonds. The average Bonchev–Trinajstić information content (AvgIpc) is 2.86. The van der Waals surface area contributed by atoms with Gasteiger partial charge in [-0.05, 0) is 17.7 Å². The summed E-state index contributed by atoms with van der Waals surface area (Å²) in [4.78, 5) is 4.30. The highest BCUT2D eigenvalue weighted by molar-refractivity contribution is 7.13. The molecule has 3 aromatic rings. The topological polar surface area (TPSA) is 38.9 Å². The summed E-state index contributed by atoms with van der Waals surface area (Å²) in [5.74, 6) is 0. The Bertz CT molecular complexity index is 721. The lowest BCUT2D eigenvalue weighted by Crippen LogP contribution is -1.84. The summed E-state index contributed by atoms with van der Waals surface area (Å²) in [6, 6.07) is 16.0. The van der Waals surface area contributed by atoms with Gasteiger partial charge in [-0.3, -0.25) is 0 Å². The van der Waals surface area contributed by atoms with Crippen LogP contribution in [-0.2, 0) is 0 Å². The normalized spacial score (nSPS) is 10.6. The Morgan fingerprint density at radius 1 is 1.00 bits per heavy atom. The molecule has 2 aromatic carbocycles. The first-order valence-corrected chi connectivity index (χ1v) is 7.06. The summed E-state index contributed by atoms with van der Waals surface area (Å²) >= 11 is 7.67. The third kappa shape index (κ3) is 2.48. The zero-order valence-corrected chi connectivity index (χ0v) is 11.6. The maximum atomic E-state index is 6.23. The molecule has 94 valence electrons.